The fourth-order valence-electron chi connectivity index (χ4n) is 2.27. The first-order valence-electron chi connectivity index (χ1n) is 7.89. The molecule has 3 heterocycles. The average molecular weight is 317 g/mol. The molecule has 1 N–H and O–H groups in total. The SMILES string of the molecule is C1=NOCC1.c1ccc2[nH]ccc2c1.c1ccc2ncccc2c1. The van der Waals surface area contributed by atoms with Gasteiger partial charge >= 0.3 is 0 Å². The third-order valence-electron chi connectivity index (χ3n) is 3.46. The third-order valence-corrected chi connectivity index (χ3v) is 3.46. The van der Waals surface area contributed by atoms with Crippen LogP contribution in [0.25, 0.3) is 21.8 Å². The zero-order valence-electron chi connectivity index (χ0n) is 13.3. The van der Waals surface area contributed by atoms with Gasteiger partial charge in [-0.2, -0.15) is 0 Å². The second kappa shape index (κ2) is 8.48. The summed E-state index contributed by atoms with van der Waals surface area (Å²) in [6.07, 6.45) is 6.51. The molecular formula is C20H19N3O. The van der Waals surface area contributed by atoms with Crippen LogP contribution >= 0.6 is 0 Å². The number of aromatic amines is 1. The minimum Gasteiger partial charge on any atom is -0.396 e. The van der Waals surface area contributed by atoms with Gasteiger partial charge in [0.2, 0.25) is 0 Å². The van der Waals surface area contributed by atoms with Crippen LogP contribution in [0.15, 0.2) is 84.3 Å². The Balaban J connectivity index is 0.000000112. The minimum atomic E-state index is 0.778. The normalized spacial score (nSPS) is 12.0. The fraction of sp³-hybridized carbons (Fsp3) is 0.100. The number of fused-ring (bicyclic) bond motifs is 2. The topological polar surface area (TPSA) is 50.3 Å². The van der Waals surface area contributed by atoms with E-state index in [4.69, 9.17) is 0 Å². The summed E-state index contributed by atoms with van der Waals surface area (Å²) in [6.45, 7) is 0.778. The number of nitrogens with one attached hydrogen (secondary N) is 1. The van der Waals surface area contributed by atoms with E-state index in [2.05, 4.69) is 50.3 Å². The number of pyridine rings is 1. The predicted molar refractivity (Wildman–Crippen MR) is 99.1 cm³/mol. The van der Waals surface area contributed by atoms with E-state index >= 15 is 0 Å². The summed E-state index contributed by atoms with van der Waals surface area (Å²) in [5.41, 5.74) is 2.27. The number of H-pyrrole nitrogens is 1. The van der Waals surface area contributed by atoms with Crippen molar-refractivity contribution in [1.82, 2.24) is 9.97 Å². The van der Waals surface area contributed by atoms with Crippen LogP contribution in [0.4, 0.5) is 0 Å². The first kappa shape index (κ1) is 15.7. The molecule has 120 valence electrons. The molecular weight excluding hydrogens is 298 g/mol. The van der Waals surface area contributed by atoms with Crippen molar-refractivity contribution < 1.29 is 4.84 Å². The maximum atomic E-state index is 4.51. The Bertz CT molecular complexity index is 813. The molecule has 1 aliphatic heterocycles. The molecule has 4 aromatic rings. The van der Waals surface area contributed by atoms with Crippen LogP contribution in [0.5, 0.6) is 0 Å². The van der Waals surface area contributed by atoms with Gasteiger partial charge in [0.05, 0.1) is 5.52 Å². The van der Waals surface area contributed by atoms with Gasteiger partial charge in [-0.05, 0) is 29.7 Å². The van der Waals surface area contributed by atoms with Gasteiger partial charge in [-0.1, -0.05) is 47.6 Å². The molecule has 2 aromatic carbocycles. The molecule has 1 aliphatic rings. The van der Waals surface area contributed by atoms with Crippen molar-refractivity contribution in [2.24, 2.45) is 5.16 Å². The summed E-state index contributed by atoms with van der Waals surface area (Å²) in [5, 5.41) is 5.93. The summed E-state index contributed by atoms with van der Waals surface area (Å²) in [6, 6.07) is 22.4. The number of nitrogens with zero attached hydrogens (tertiary/aromatic N) is 2. The Morgan fingerprint density at radius 1 is 0.833 bits per heavy atom. The molecule has 24 heavy (non-hydrogen) atoms. The van der Waals surface area contributed by atoms with E-state index in [1.165, 1.54) is 16.3 Å². The molecule has 0 saturated heterocycles. The van der Waals surface area contributed by atoms with E-state index in [0.29, 0.717) is 0 Å². The van der Waals surface area contributed by atoms with Crippen molar-refractivity contribution in [1.29, 1.82) is 0 Å². The van der Waals surface area contributed by atoms with Gasteiger partial charge in [0.15, 0.2) is 0 Å². The first-order chi connectivity index (χ1) is 11.9. The lowest BCUT2D eigenvalue weighted by atomic mass is 10.2. The van der Waals surface area contributed by atoms with Crippen LogP contribution in [-0.4, -0.2) is 22.8 Å². The van der Waals surface area contributed by atoms with Crippen molar-refractivity contribution in [2.45, 2.75) is 6.42 Å². The monoisotopic (exact) mass is 317 g/mol. The van der Waals surface area contributed by atoms with Crippen LogP contribution in [0.2, 0.25) is 0 Å². The van der Waals surface area contributed by atoms with Crippen LogP contribution in [-0.2, 0) is 4.84 Å². The number of hydrogen-bond donors (Lipinski definition) is 1. The Hall–Kier alpha value is -3.14. The highest BCUT2D eigenvalue weighted by Crippen LogP contribution is 2.09. The quantitative estimate of drug-likeness (QED) is 0.506. The summed E-state index contributed by atoms with van der Waals surface area (Å²) >= 11 is 0. The Morgan fingerprint density at radius 2 is 1.62 bits per heavy atom. The van der Waals surface area contributed by atoms with Crippen molar-refractivity contribution >= 4 is 28.0 Å². The summed E-state index contributed by atoms with van der Waals surface area (Å²) < 4.78 is 0. The van der Waals surface area contributed by atoms with Crippen LogP contribution in [0, 0.1) is 0 Å². The molecule has 2 aromatic heterocycles. The Kier molecular flexibility index (Phi) is 5.56. The molecule has 0 atom stereocenters. The van der Waals surface area contributed by atoms with E-state index in [1.54, 1.807) is 6.21 Å². The highest BCUT2D eigenvalue weighted by atomic mass is 16.6. The van der Waals surface area contributed by atoms with Gasteiger partial charge in [0, 0.05) is 35.9 Å². The molecule has 0 spiro atoms. The number of hydrogen-bond acceptors (Lipinski definition) is 3. The zero-order valence-corrected chi connectivity index (χ0v) is 13.3. The van der Waals surface area contributed by atoms with Crippen molar-refractivity contribution in [3.63, 3.8) is 0 Å². The lowest BCUT2D eigenvalue weighted by Gasteiger charge is -1.91. The van der Waals surface area contributed by atoms with Crippen LogP contribution < -0.4 is 0 Å². The largest absolute Gasteiger partial charge is 0.396 e. The standard InChI is InChI=1S/C9H7N.C8H7N.C3H5NO/c1-2-6-9-8(4-1)5-3-7-10-9;1-2-4-8-7(3-1)5-6-9-8;1-2-4-5-3-1/h1-7H;1-6,9H;2H,1,3H2. The summed E-state index contributed by atoms with van der Waals surface area (Å²) in [7, 11) is 0. The van der Waals surface area contributed by atoms with E-state index < -0.39 is 0 Å². The maximum absolute atomic E-state index is 4.51. The minimum absolute atomic E-state index is 0.778. The van der Waals surface area contributed by atoms with E-state index in [-0.39, 0.29) is 0 Å². The predicted octanol–water partition coefficient (Wildman–Crippen LogP) is 4.80. The van der Waals surface area contributed by atoms with Gasteiger partial charge in [-0.15, -0.1) is 0 Å². The van der Waals surface area contributed by atoms with Crippen molar-refractivity contribution in [3.05, 3.63) is 79.1 Å². The number of oxime groups is 1. The molecule has 0 bridgehead atoms. The van der Waals surface area contributed by atoms with Gasteiger partial charge in [0.25, 0.3) is 0 Å². The molecule has 0 saturated carbocycles. The second-order valence-electron chi connectivity index (χ2n) is 5.17. The average Bonchev–Trinajstić information content (AvgIpc) is 3.37. The number of para-hydroxylation sites is 2. The van der Waals surface area contributed by atoms with Gasteiger partial charge < -0.3 is 9.82 Å². The van der Waals surface area contributed by atoms with Gasteiger partial charge in [0.1, 0.15) is 6.61 Å². The molecule has 0 unspecified atom stereocenters. The molecule has 4 nitrogen and oxygen atoms in total. The van der Waals surface area contributed by atoms with Crippen LogP contribution in [0.1, 0.15) is 6.42 Å². The fourth-order valence-corrected chi connectivity index (χ4v) is 2.27. The zero-order chi connectivity index (χ0) is 16.5. The molecule has 5 rings (SSSR count). The number of aromatic nitrogens is 2. The third kappa shape index (κ3) is 4.43. The lowest BCUT2D eigenvalue weighted by Crippen LogP contribution is -1.73. The van der Waals surface area contributed by atoms with Gasteiger partial charge in [-0.25, -0.2) is 0 Å². The van der Waals surface area contributed by atoms with Gasteiger partial charge in [-0.3, -0.25) is 4.98 Å². The van der Waals surface area contributed by atoms with Crippen molar-refractivity contribution in [2.75, 3.05) is 6.61 Å². The van der Waals surface area contributed by atoms with Crippen molar-refractivity contribution in [3.8, 4) is 0 Å². The summed E-state index contributed by atoms with van der Waals surface area (Å²) in [4.78, 5) is 11.8. The first-order valence-corrected chi connectivity index (χ1v) is 7.89. The van der Waals surface area contributed by atoms with Crippen LogP contribution in [0.3, 0.4) is 0 Å². The molecule has 0 amide bonds. The van der Waals surface area contributed by atoms with E-state index in [0.717, 1.165) is 18.5 Å². The molecule has 0 radical (unpaired) electrons. The molecule has 0 fully saturated rings. The molecule has 4 heteroatoms. The lowest BCUT2D eigenvalue weighted by molar-refractivity contribution is 0.174. The number of benzene rings is 2. The van der Waals surface area contributed by atoms with E-state index in [9.17, 15) is 0 Å². The molecule has 0 aliphatic carbocycles. The maximum Gasteiger partial charge on any atom is 0.122 e. The second-order valence-corrected chi connectivity index (χ2v) is 5.17. The van der Waals surface area contributed by atoms with E-state index in [1.807, 2.05) is 48.8 Å². The highest BCUT2D eigenvalue weighted by molar-refractivity contribution is 5.79. The summed E-state index contributed by atoms with van der Waals surface area (Å²) in [5.74, 6) is 0. The number of rotatable bonds is 0. The Morgan fingerprint density at radius 3 is 2.33 bits per heavy atom. The smallest absolute Gasteiger partial charge is 0.122 e. The Labute approximate surface area is 140 Å². The highest BCUT2D eigenvalue weighted by Gasteiger charge is 1.87.